The second-order valence-electron chi connectivity index (χ2n) is 6.30. The lowest BCUT2D eigenvalue weighted by molar-refractivity contribution is -0.162. The number of aliphatic carboxylic acids is 1. The molecule has 2 N–H and O–H groups in total. The molecule has 0 saturated heterocycles. The number of carbonyl (C=O) groups is 2. The maximum Gasteiger partial charge on any atom is 0.351 e. The number of carboxylic acids is 1. The number of carbonyl (C=O) groups excluding carboxylic acids is 1. The third-order valence-corrected chi connectivity index (χ3v) is 4.35. The van der Waals surface area contributed by atoms with Crippen LogP contribution in [0.25, 0.3) is 0 Å². The van der Waals surface area contributed by atoms with Crippen LogP contribution in [0.2, 0.25) is 0 Å². The minimum Gasteiger partial charge on any atom is -0.497 e. The highest BCUT2D eigenvalue weighted by molar-refractivity contribution is 6.00. The molecular weight excluding hydrogens is 348 g/mol. The summed E-state index contributed by atoms with van der Waals surface area (Å²) in [7, 11) is 1.53. The van der Waals surface area contributed by atoms with Gasteiger partial charge in [0.1, 0.15) is 5.75 Å². The molecule has 7 heteroatoms. The van der Waals surface area contributed by atoms with Crippen molar-refractivity contribution in [2.75, 3.05) is 13.7 Å². The summed E-state index contributed by atoms with van der Waals surface area (Å²) in [5, 5.41) is 16.3. The average molecular weight is 368 g/mol. The molecule has 3 rings (SSSR count). The van der Waals surface area contributed by atoms with Crippen molar-refractivity contribution in [1.29, 1.82) is 0 Å². The van der Waals surface area contributed by atoms with Gasteiger partial charge in [0.2, 0.25) is 5.60 Å². The minimum absolute atomic E-state index is 0.107. The number of hydrogen-bond donors (Lipinski definition) is 2. The second-order valence-corrected chi connectivity index (χ2v) is 6.30. The van der Waals surface area contributed by atoms with E-state index in [1.54, 1.807) is 24.3 Å². The van der Waals surface area contributed by atoms with Gasteiger partial charge in [0.25, 0.3) is 5.91 Å². The van der Waals surface area contributed by atoms with E-state index in [9.17, 15) is 14.7 Å². The fourth-order valence-corrected chi connectivity index (χ4v) is 2.90. The van der Waals surface area contributed by atoms with Crippen LogP contribution >= 0.6 is 0 Å². The normalized spacial score (nSPS) is 18.3. The first-order chi connectivity index (χ1) is 13.0. The van der Waals surface area contributed by atoms with E-state index >= 15 is 0 Å². The molecule has 2 aromatic rings. The van der Waals surface area contributed by atoms with Gasteiger partial charge in [-0.2, -0.15) is 0 Å². The van der Waals surface area contributed by atoms with Crippen molar-refractivity contribution >= 4 is 17.6 Å². The Kier molecular flexibility index (Phi) is 5.40. The summed E-state index contributed by atoms with van der Waals surface area (Å²) >= 11 is 0. The van der Waals surface area contributed by atoms with Crippen molar-refractivity contribution < 1.29 is 24.3 Å². The Hall–Kier alpha value is -3.35. The van der Waals surface area contributed by atoms with Crippen LogP contribution in [-0.2, 0) is 16.1 Å². The zero-order valence-corrected chi connectivity index (χ0v) is 14.8. The Bertz CT molecular complexity index is 866. The number of hydrogen-bond acceptors (Lipinski definition) is 5. The van der Waals surface area contributed by atoms with Crippen LogP contribution in [0.3, 0.4) is 0 Å². The van der Waals surface area contributed by atoms with Gasteiger partial charge in [-0.3, -0.25) is 4.79 Å². The van der Waals surface area contributed by atoms with Gasteiger partial charge in [0.05, 0.1) is 19.4 Å². The highest BCUT2D eigenvalue weighted by Crippen LogP contribution is 2.28. The predicted octanol–water partition coefficient (Wildman–Crippen LogP) is 2.27. The van der Waals surface area contributed by atoms with E-state index < -0.39 is 11.6 Å². The number of benzene rings is 2. The predicted molar refractivity (Wildman–Crippen MR) is 99.0 cm³/mol. The summed E-state index contributed by atoms with van der Waals surface area (Å²) in [5.74, 6) is -0.798. The number of ether oxygens (including phenoxy) is 1. The topological polar surface area (TPSA) is 97.2 Å². The number of carboxylic acid groups (broad SMARTS) is 1. The molecule has 1 amide bonds. The lowest BCUT2D eigenvalue weighted by Gasteiger charge is -2.21. The summed E-state index contributed by atoms with van der Waals surface area (Å²) < 4.78 is 5.10. The number of methoxy groups -OCH3 is 1. The lowest BCUT2D eigenvalue weighted by atomic mass is 9.90. The molecule has 7 nitrogen and oxygen atoms in total. The number of nitrogens with zero attached hydrogens (tertiary/aromatic N) is 1. The van der Waals surface area contributed by atoms with E-state index in [2.05, 4.69) is 10.5 Å². The van der Waals surface area contributed by atoms with Crippen molar-refractivity contribution in [1.82, 2.24) is 5.32 Å². The fraction of sp³-hybridized carbons (Fsp3) is 0.250. The van der Waals surface area contributed by atoms with Crippen LogP contribution in [0, 0.1) is 0 Å². The molecule has 1 heterocycles. The third kappa shape index (κ3) is 4.25. The van der Waals surface area contributed by atoms with Crippen molar-refractivity contribution in [2.24, 2.45) is 5.16 Å². The molecule has 140 valence electrons. The van der Waals surface area contributed by atoms with Crippen LogP contribution in [-0.4, -0.2) is 42.0 Å². The maximum atomic E-state index is 12.3. The van der Waals surface area contributed by atoms with Crippen molar-refractivity contribution in [3.63, 3.8) is 0 Å². The molecule has 2 aromatic carbocycles. The summed E-state index contributed by atoms with van der Waals surface area (Å²) in [5.41, 5.74) is 0.321. The zero-order chi connectivity index (χ0) is 19.3. The van der Waals surface area contributed by atoms with Crippen molar-refractivity contribution in [3.05, 3.63) is 65.7 Å². The second kappa shape index (κ2) is 7.90. The molecule has 0 aromatic heterocycles. The van der Waals surface area contributed by atoms with Gasteiger partial charge in [0.15, 0.2) is 0 Å². The van der Waals surface area contributed by atoms with Crippen molar-refractivity contribution in [2.45, 2.75) is 18.4 Å². The molecule has 1 unspecified atom stereocenters. The zero-order valence-electron chi connectivity index (χ0n) is 14.8. The molecule has 0 saturated carbocycles. The first-order valence-corrected chi connectivity index (χ1v) is 8.46. The van der Waals surface area contributed by atoms with E-state index in [0.717, 1.165) is 5.56 Å². The Morgan fingerprint density at radius 3 is 2.70 bits per heavy atom. The van der Waals surface area contributed by atoms with Gasteiger partial charge in [-0.1, -0.05) is 41.6 Å². The van der Waals surface area contributed by atoms with Crippen LogP contribution in [0.4, 0.5) is 0 Å². The standard InChI is InChI=1S/C20H20N2O5/c1-26-17-9-5-8-15(10-17)18(23)21-13-16-12-20(19(24)25,27-22-16)11-14-6-3-2-4-7-14/h2-10H,11-13H2,1H3,(H,21,23)(H,24,25). The highest BCUT2D eigenvalue weighted by Gasteiger charge is 2.46. The van der Waals surface area contributed by atoms with Gasteiger partial charge in [-0.25, -0.2) is 4.79 Å². The number of amides is 1. The van der Waals surface area contributed by atoms with Crippen LogP contribution < -0.4 is 10.1 Å². The molecule has 1 aliphatic heterocycles. The summed E-state index contributed by atoms with van der Waals surface area (Å²) in [4.78, 5) is 29.4. The first kappa shape index (κ1) is 18.4. The van der Waals surface area contributed by atoms with Gasteiger partial charge in [-0.05, 0) is 23.8 Å². The Balaban J connectivity index is 1.62. The molecule has 0 radical (unpaired) electrons. The molecule has 0 bridgehead atoms. The van der Waals surface area contributed by atoms with E-state index in [1.807, 2.05) is 30.3 Å². The fourth-order valence-electron chi connectivity index (χ4n) is 2.90. The summed E-state index contributed by atoms with van der Waals surface area (Å²) in [6, 6.07) is 16.0. The minimum atomic E-state index is -1.45. The summed E-state index contributed by atoms with van der Waals surface area (Å²) in [6.07, 6.45) is 0.301. The molecule has 0 aliphatic carbocycles. The van der Waals surface area contributed by atoms with Crippen LogP contribution in [0.15, 0.2) is 59.8 Å². The largest absolute Gasteiger partial charge is 0.497 e. The molecule has 1 atom stereocenters. The van der Waals surface area contributed by atoms with E-state index in [0.29, 0.717) is 17.0 Å². The number of nitrogens with one attached hydrogen (secondary N) is 1. The van der Waals surface area contributed by atoms with Crippen molar-refractivity contribution in [3.8, 4) is 5.75 Å². The smallest absolute Gasteiger partial charge is 0.351 e. The van der Waals surface area contributed by atoms with Crippen LogP contribution in [0.1, 0.15) is 22.3 Å². The van der Waals surface area contributed by atoms with E-state index in [1.165, 1.54) is 7.11 Å². The van der Waals surface area contributed by atoms with E-state index in [-0.39, 0.29) is 25.3 Å². The molecule has 0 fully saturated rings. The Morgan fingerprint density at radius 2 is 2.00 bits per heavy atom. The summed E-state index contributed by atoms with van der Waals surface area (Å²) in [6.45, 7) is 0.111. The van der Waals surface area contributed by atoms with Gasteiger partial charge >= 0.3 is 5.97 Å². The molecule has 27 heavy (non-hydrogen) atoms. The Labute approximate surface area is 156 Å². The lowest BCUT2D eigenvalue weighted by Crippen LogP contribution is -2.42. The SMILES string of the molecule is COc1cccc(C(=O)NCC2=NOC(Cc3ccccc3)(C(=O)O)C2)c1. The molecular formula is C20H20N2O5. The number of rotatable bonds is 7. The third-order valence-electron chi connectivity index (χ3n) is 4.35. The first-order valence-electron chi connectivity index (χ1n) is 8.46. The quantitative estimate of drug-likeness (QED) is 0.781. The van der Waals surface area contributed by atoms with Crippen LogP contribution in [0.5, 0.6) is 5.75 Å². The van der Waals surface area contributed by atoms with Gasteiger partial charge < -0.3 is 20.0 Å². The molecule has 1 aliphatic rings. The number of oxime groups is 1. The monoisotopic (exact) mass is 368 g/mol. The van der Waals surface area contributed by atoms with Gasteiger partial charge in [0, 0.05) is 18.4 Å². The Morgan fingerprint density at radius 1 is 1.22 bits per heavy atom. The highest BCUT2D eigenvalue weighted by atomic mass is 16.7. The van der Waals surface area contributed by atoms with E-state index in [4.69, 9.17) is 9.57 Å². The average Bonchev–Trinajstić information content (AvgIpc) is 3.11. The molecule has 0 spiro atoms. The van der Waals surface area contributed by atoms with Gasteiger partial charge in [-0.15, -0.1) is 0 Å². The maximum absolute atomic E-state index is 12.3.